The second-order valence-electron chi connectivity index (χ2n) is 5.03. The summed E-state index contributed by atoms with van der Waals surface area (Å²) in [6.45, 7) is 0.637. The van der Waals surface area contributed by atoms with E-state index in [-0.39, 0.29) is 5.91 Å². The van der Waals surface area contributed by atoms with Gasteiger partial charge in [0, 0.05) is 10.1 Å². The minimum absolute atomic E-state index is 0.0941. The SMILES string of the molecule is COc1cc(I)c(C(=O)NCCCc2ccccc2)cc1OC. The third-order valence-electron chi connectivity index (χ3n) is 3.49. The molecule has 4 nitrogen and oxygen atoms in total. The van der Waals surface area contributed by atoms with Gasteiger partial charge in [-0.1, -0.05) is 30.3 Å². The van der Waals surface area contributed by atoms with Crippen LogP contribution in [0.4, 0.5) is 0 Å². The minimum atomic E-state index is -0.0941. The third kappa shape index (κ3) is 4.86. The summed E-state index contributed by atoms with van der Waals surface area (Å²) in [6, 6.07) is 13.8. The molecule has 0 heterocycles. The van der Waals surface area contributed by atoms with E-state index in [1.165, 1.54) is 5.56 Å². The Bertz CT molecular complexity index is 659. The van der Waals surface area contributed by atoms with Crippen molar-refractivity contribution in [3.63, 3.8) is 0 Å². The molecule has 1 N–H and O–H groups in total. The molecule has 0 aliphatic heterocycles. The van der Waals surface area contributed by atoms with Crippen molar-refractivity contribution >= 4 is 28.5 Å². The highest BCUT2D eigenvalue weighted by Gasteiger charge is 2.15. The van der Waals surface area contributed by atoms with Crippen molar-refractivity contribution in [3.05, 3.63) is 57.2 Å². The molecule has 0 aliphatic carbocycles. The third-order valence-corrected chi connectivity index (χ3v) is 4.38. The Kier molecular flexibility index (Phi) is 6.70. The Morgan fingerprint density at radius 3 is 2.39 bits per heavy atom. The summed E-state index contributed by atoms with van der Waals surface area (Å²) in [5.74, 6) is 1.09. The topological polar surface area (TPSA) is 47.6 Å². The predicted molar refractivity (Wildman–Crippen MR) is 99.4 cm³/mol. The molecule has 0 saturated heterocycles. The molecule has 0 saturated carbocycles. The number of hydrogen-bond donors (Lipinski definition) is 1. The maximum Gasteiger partial charge on any atom is 0.252 e. The minimum Gasteiger partial charge on any atom is -0.493 e. The van der Waals surface area contributed by atoms with Gasteiger partial charge in [0.1, 0.15) is 0 Å². The Balaban J connectivity index is 1.93. The maximum atomic E-state index is 12.3. The smallest absolute Gasteiger partial charge is 0.252 e. The van der Waals surface area contributed by atoms with E-state index >= 15 is 0 Å². The van der Waals surface area contributed by atoms with E-state index in [2.05, 4.69) is 40.0 Å². The molecule has 0 radical (unpaired) electrons. The Hall–Kier alpha value is -1.76. The number of ether oxygens (including phenoxy) is 2. The van der Waals surface area contributed by atoms with Crippen molar-refractivity contribution in [1.29, 1.82) is 0 Å². The summed E-state index contributed by atoms with van der Waals surface area (Å²) in [5, 5.41) is 2.96. The maximum absolute atomic E-state index is 12.3. The molecule has 1 amide bonds. The molecular formula is C18H20INO3. The number of benzene rings is 2. The van der Waals surface area contributed by atoms with Crippen molar-refractivity contribution in [2.24, 2.45) is 0 Å². The number of amides is 1. The standard InChI is InChI=1S/C18H20INO3/c1-22-16-11-14(15(19)12-17(16)23-2)18(21)20-10-6-9-13-7-4-3-5-8-13/h3-5,7-8,11-12H,6,9-10H2,1-2H3,(H,20,21). The van der Waals surface area contributed by atoms with E-state index in [1.807, 2.05) is 18.2 Å². The fraction of sp³-hybridized carbons (Fsp3) is 0.278. The number of carbonyl (C=O) groups excluding carboxylic acids is 1. The van der Waals surface area contributed by atoms with Crippen molar-refractivity contribution in [2.45, 2.75) is 12.8 Å². The first-order valence-electron chi connectivity index (χ1n) is 7.39. The molecule has 2 aromatic rings. The molecule has 0 bridgehead atoms. The molecule has 122 valence electrons. The molecule has 23 heavy (non-hydrogen) atoms. The summed E-state index contributed by atoms with van der Waals surface area (Å²) < 4.78 is 11.3. The van der Waals surface area contributed by atoms with Crippen LogP contribution in [-0.2, 0) is 6.42 Å². The quantitative estimate of drug-likeness (QED) is 0.544. The van der Waals surface area contributed by atoms with Crippen LogP contribution in [0.15, 0.2) is 42.5 Å². The number of halogens is 1. The van der Waals surface area contributed by atoms with Crippen molar-refractivity contribution in [1.82, 2.24) is 5.32 Å². The van der Waals surface area contributed by atoms with Crippen molar-refractivity contribution in [2.75, 3.05) is 20.8 Å². The summed E-state index contributed by atoms with van der Waals surface area (Å²) in [4.78, 5) is 12.3. The van der Waals surface area contributed by atoms with E-state index in [4.69, 9.17) is 9.47 Å². The van der Waals surface area contributed by atoms with Gasteiger partial charge in [0.15, 0.2) is 11.5 Å². The number of carbonyl (C=O) groups is 1. The number of hydrogen-bond acceptors (Lipinski definition) is 3. The molecule has 0 unspecified atom stereocenters. The molecule has 0 aliphatic rings. The first-order valence-corrected chi connectivity index (χ1v) is 8.47. The van der Waals surface area contributed by atoms with Crippen molar-refractivity contribution in [3.8, 4) is 11.5 Å². The molecular weight excluding hydrogens is 405 g/mol. The van der Waals surface area contributed by atoms with Gasteiger partial charge in [-0.05, 0) is 53.1 Å². The first-order chi connectivity index (χ1) is 11.2. The number of methoxy groups -OCH3 is 2. The van der Waals surface area contributed by atoms with Crippen molar-refractivity contribution < 1.29 is 14.3 Å². The van der Waals surface area contributed by atoms with Gasteiger partial charge in [-0.25, -0.2) is 0 Å². The molecule has 0 aromatic heterocycles. The number of nitrogens with one attached hydrogen (secondary N) is 1. The number of rotatable bonds is 7. The summed E-state index contributed by atoms with van der Waals surface area (Å²) in [6.07, 6.45) is 1.85. The van der Waals surface area contributed by atoms with Gasteiger partial charge in [0.05, 0.1) is 19.8 Å². The van der Waals surface area contributed by atoms with E-state index < -0.39 is 0 Å². The normalized spacial score (nSPS) is 10.2. The van der Waals surface area contributed by atoms with Gasteiger partial charge in [-0.2, -0.15) is 0 Å². The van der Waals surface area contributed by atoms with Gasteiger partial charge >= 0.3 is 0 Å². The zero-order valence-electron chi connectivity index (χ0n) is 13.3. The van der Waals surface area contributed by atoms with Crippen LogP contribution in [0.1, 0.15) is 22.3 Å². The highest BCUT2D eigenvalue weighted by Crippen LogP contribution is 2.31. The van der Waals surface area contributed by atoms with Gasteiger partial charge in [-0.3, -0.25) is 4.79 Å². The van der Waals surface area contributed by atoms with Crippen LogP contribution in [0.5, 0.6) is 11.5 Å². The Morgan fingerprint density at radius 2 is 1.74 bits per heavy atom. The van der Waals surface area contributed by atoms with Gasteiger partial charge in [-0.15, -0.1) is 0 Å². The molecule has 0 spiro atoms. The largest absolute Gasteiger partial charge is 0.493 e. The van der Waals surface area contributed by atoms with E-state index in [0.717, 1.165) is 16.4 Å². The van der Waals surface area contributed by atoms with Crippen LogP contribution < -0.4 is 14.8 Å². The highest BCUT2D eigenvalue weighted by atomic mass is 127. The fourth-order valence-electron chi connectivity index (χ4n) is 2.26. The molecule has 0 atom stereocenters. The second kappa shape index (κ2) is 8.76. The Morgan fingerprint density at radius 1 is 1.09 bits per heavy atom. The molecule has 2 aromatic carbocycles. The molecule has 5 heteroatoms. The van der Waals surface area contributed by atoms with E-state index in [0.29, 0.717) is 23.6 Å². The summed E-state index contributed by atoms with van der Waals surface area (Å²) in [7, 11) is 3.14. The van der Waals surface area contributed by atoms with Gasteiger partial charge < -0.3 is 14.8 Å². The second-order valence-corrected chi connectivity index (χ2v) is 6.19. The predicted octanol–water partition coefficient (Wildman–Crippen LogP) is 3.67. The van der Waals surface area contributed by atoms with E-state index in [1.54, 1.807) is 26.4 Å². The lowest BCUT2D eigenvalue weighted by atomic mass is 10.1. The van der Waals surface area contributed by atoms with Crippen LogP contribution in [0.2, 0.25) is 0 Å². The number of aryl methyl sites for hydroxylation is 1. The van der Waals surface area contributed by atoms with Crippen LogP contribution in [-0.4, -0.2) is 26.7 Å². The van der Waals surface area contributed by atoms with Crippen LogP contribution in [0, 0.1) is 3.57 Å². The summed E-state index contributed by atoms with van der Waals surface area (Å²) in [5.41, 5.74) is 1.88. The van der Waals surface area contributed by atoms with Crippen LogP contribution in [0.25, 0.3) is 0 Å². The lowest BCUT2D eigenvalue weighted by molar-refractivity contribution is 0.0952. The monoisotopic (exact) mass is 425 g/mol. The van der Waals surface area contributed by atoms with E-state index in [9.17, 15) is 4.79 Å². The molecule has 0 fully saturated rings. The summed E-state index contributed by atoms with van der Waals surface area (Å²) >= 11 is 2.13. The van der Waals surface area contributed by atoms with Crippen LogP contribution in [0.3, 0.4) is 0 Å². The zero-order valence-corrected chi connectivity index (χ0v) is 15.4. The average Bonchev–Trinajstić information content (AvgIpc) is 2.59. The van der Waals surface area contributed by atoms with Gasteiger partial charge in [0.25, 0.3) is 5.91 Å². The average molecular weight is 425 g/mol. The van der Waals surface area contributed by atoms with Gasteiger partial charge in [0.2, 0.25) is 0 Å². The molecule has 2 rings (SSSR count). The lowest BCUT2D eigenvalue weighted by Crippen LogP contribution is -2.25. The van der Waals surface area contributed by atoms with Crippen LogP contribution >= 0.6 is 22.6 Å². The lowest BCUT2D eigenvalue weighted by Gasteiger charge is -2.12. The zero-order chi connectivity index (χ0) is 16.7. The first kappa shape index (κ1) is 17.6. The Labute approximate surface area is 150 Å². The fourth-order valence-corrected chi connectivity index (χ4v) is 2.95. The highest BCUT2D eigenvalue weighted by molar-refractivity contribution is 14.1.